The van der Waals surface area contributed by atoms with Crippen LogP contribution >= 0.6 is 7.82 Å². The summed E-state index contributed by atoms with van der Waals surface area (Å²) >= 11 is 0. The second-order valence-electron chi connectivity index (χ2n) is 19.9. The van der Waals surface area contributed by atoms with Crippen molar-refractivity contribution in [2.45, 2.75) is 238 Å². The van der Waals surface area contributed by atoms with E-state index in [0.29, 0.717) is 17.4 Å². The molecule has 0 spiro atoms. The number of carbonyl (C=O) groups is 1. The largest absolute Gasteiger partial charge is 0.472 e. The molecule has 3 unspecified atom stereocenters. The number of likely N-dealkylation sites (N-methyl/N-ethyl adjacent to an activating group) is 1. The number of aliphatic hydroxyl groups is 1. The molecule has 69 heavy (non-hydrogen) atoms. The van der Waals surface area contributed by atoms with Gasteiger partial charge in [0.1, 0.15) is 13.2 Å². The van der Waals surface area contributed by atoms with Gasteiger partial charge in [-0.25, -0.2) is 4.57 Å². The monoisotopic (exact) mass is 984 g/mol. The number of hydrogen-bond acceptors (Lipinski definition) is 5. The molecule has 9 heteroatoms. The fourth-order valence-electron chi connectivity index (χ4n) is 7.67. The van der Waals surface area contributed by atoms with E-state index in [9.17, 15) is 19.4 Å². The average molecular weight is 985 g/mol. The molecule has 3 atom stereocenters. The van der Waals surface area contributed by atoms with Gasteiger partial charge in [-0.3, -0.25) is 13.8 Å². The zero-order valence-electron chi connectivity index (χ0n) is 45.3. The van der Waals surface area contributed by atoms with Crippen molar-refractivity contribution >= 4 is 13.7 Å². The molecule has 0 fully saturated rings. The summed E-state index contributed by atoms with van der Waals surface area (Å²) in [6.45, 7) is 4.69. The Morgan fingerprint density at radius 3 is 1.28 bits per heavy atom. The minimum atomic E-state index is -4.35. The summed E-state index contributed by atoms with van der Waals surface area (Å²) in [5.41, 5.74) is 0. The van der Waals surface area contributed by atoms with Crippen LogP contribution in [0.3, 0.4) is 0 Å². The number of unbranched alkanes of at least 4 members (excludes halogenated alkanes) is 23. The maximum absolute atomic E-state index is 13.0. The van der Waals surface area contributed by atoms with Crippen LogP contribution in [0.4, 0.5) is 0 Å². The molecule has 1 amide bonds. The highest BCUT2D eigenvalue weighted by atomic mass is 31.2. The van der Waals surface area contributed by atoms with E-state index < -0.39 is 20.0 Å². The van der Waals surface area contributed by atoms with Crippen LogP contribution in [-0.2, 0) is 18.4 Å². The van der Waals surface area contributed by atoms with E-state index >= 15 is 0 Å². The van der Waals surface area contributed by atoms with Crippen molar-refractivity contribution in [2.75, 3.05) is 40.9 Å². The second-order valence-corrected chi connectivity index (χ2v) is 21.4. The first kappa shape index (κ1) is 66.4. The Labute approximate surface area is 426 Å². The Hall–Kier alpha value is -2.58. The minimum Gasteiger partial charge on any atom is -0.387 e. The zero-order chi connectivity index (χ0) is 50.6. The van der Waals surface area contributed by atoms with Gasteiger partial charge in [0.05, 0.1) is 39.9 Å². The molecule has 398 valence electrons. The van der Waals surface area contributed by atoms with E-state index in [2.05, 4.69) is 104 Å². The molecule has 0 aliphatic heterocycles. The lowest BCUT2D eigenvalue weighted by Crippen LogP contribution is -2.45. The van der Waals surface area contributed by atoms with E-state index in [-0.39, 0.29) is 19.1 Å². The Balaban J connectivity index is 4.22. The molecule has 0 saturated carbocycles. The molecular formula is C60H108N2O6P+. The number of amides is 1. The third-order valence-corrected chi connectivity index (χ3v) is 13.0. The Kier molecular flexibility index (Phi) is 48.5. The molecule has 8 nitrogen and oxygen atoms in total. The van der Waals surface area contributed by atoms with Crippen LogP contribution in [0.25, 0.3) is 0 Å². The highest BCUT2D eigenvalue weighted by Crippen LogP contribution is 2.43. The Morgan fingerprint density at radius 2 is 0.870 bits per heavy atom. The maximum atomic E-state index is 13.0. The third-order valence-electron chi connectivity index (χ3n) is 12.1. The smallest absolute Gasteiger partial charge is 0.387 e. The average Bonchev–Trinajstić information content (AvgIpc) is 3.31. The van der Waals surface area contributed by atoms with Gasteiger partial charge in [-0.2, -0.15) is 0 Å². The first-order valence-electron chi connectivity index (χ1n) is 28.1. The van der Waals surface area contributed by atoms with Crippen molar-refractivity contribution in [3.8, 4) is 0 Å². The van der Waals surface area contributed by atoms with Crippen molar-refractivity contribution in [2.24, 2.45) is 0 Å². The minimum absolute atomic E-state index is 0.0559. The van der Waals surface area contributed by atoms with E-state index in [4.69, 9.17) is 9.05 Å². The highest BCUT2D eigenvalue weighted by molar-refractivity contribution is 7.47. The third kappa shape index (κ3) is 53.1. The molecule has 0 saturated heterocycles. The molecule has 0 aliphatic carbocycles. The number of hydrogen-bond donors (Lipinski definition) is 3. The van der Waals surface area contributed by atoms with Gasteiger partial charge in [-0.15, -0.1) is 0 Å². The molecule has 0 aromatic rings. The number of carbonyl (C=O) groups excluding carboxylic acids is 1. The molecule has 0 radical (unpaired) electrons. The molecule has 0 aliphatic rings. The van der Waals surface area contributed by atoms with E-state index in [1.807, 2.05) is 27.2 Å². The number of phosphoric acid groups is 1. The van der Waals surface area contributed by atoms with Gasteiger partial charge < -0.3 is 19.8 Å². The van der Waals surface area contributed by atoms with Crippen LogP contribution in [0.1, 0.15) is 226 Å². The van der Waals surface area contributed by atoms with E-state index in [1.165, 1.54) is 116 Å². The van der Waals surface area contributed by atoms with Gasteiger partial charge in [0.2, 0.25) is 5.91 Å². The van der Waals surface area contributed by atoms with Crippen LogP contribution in [0.2, 0.25) is 0 Å². The van der Waals surface area contributed by atoms with Crippen LogP contribution in [0, 0.1) is 0 Å². The number of allylic oxidation sites excluding steroid dienone is 15. The van der Waals surface area contributed by atoms with Crippen LogP contribution < -0.4 is 5.32 Å². The van der Waals surface area contributed by atoms with Crippen LogP contribution in [0.5, 0.6) is 0 Å². The van der Waals surface area contributed by atoms with E-state index in [0.717, 1.165) is 89.9 Å². The van der Waals surface area contributed by atoms with Crippen LogP contribution in [0.15, 0.2) is 97.2 Å². The van der Waals surface area contributed by atoms with Crippen LogP contribution in [-0.4, -0.2) is 73.4 Å². The lowest BCUT2D eigenvalue weighted by atomic mass is 10.0. The number of phosphoric ester groups is 1. The van der Waals surface area contributed by atoms with Crippen molar-refractivity contribution in [3.05, 3.63) is 97.2 Å². The van der Waals surface area contributed by atoms with Gasteiger partial charge in [-0.1, -0.05) is 239 Å². The zero-order valence-corrected chi connectivity index (χ0v) is 46.2. The van der Waals surface area contributed by atoms with Gasteiger partial charge in [0.25, 0.3) is 0 Å². The fraction of sp³-hybridized carbons (Fsp3) is 0.717. The second kappa shape index (κ2) is 50.4. The van der Waals surface area contributed by atoms with Crippen molar-refractivity contribution < 1.29 is 32.9 Å². The summed E-state index contributed by atoms with van der Waals surface area (Å²) in [6.07, 6.45) is 72.1. The fourth-order valence-corrected chi connectivity index (χ4v) is 8.40. The standard InChI is InChI=1S/C60H107N2O6P/c1-6-8-10-12-14-16-18-20-22-24-25-26-27-28-29-30-31-32-33-34-35-36-37-38-40-42-44-46-48-50-52-54-60(64)61-58(57-68-69(65,66)67-56-55-62(3,4)5)59(63)53-51-49-47-45-43-41-39-23-21-19-17-15-13-11-9-7-2/h8,10,14,16,20,22,25-26,28-29,31-32,34-35,51,53,58-59,63H,6-7,9,11-13,15,17-19,21,23-24,27,30,33,36-50,52,54-57H2,1-5H3,(H-,61,64,65,66)/p+1/b10-8-,16-14-,22-20-,26-25-,29-28-,32-31-,35-34-,53-51+. The SMILES string of the molecule is CC/C=C\C/C=C\C/C=C\C/C=C\C/C=C\C/C=C\C/C=C\CCCCCCCCCCCC(=O)NC(COP(=O)(O)OCC[N+](C)(C)C)C(O)/C=C/CCCCCCCCCCCCCCCC. The van der Waals surface area contributed by atoms with E-state index in [1.54, 1.807) is 6.08 Å². The quantitative estimate of drug-likeness (QED) is 0.0243. The molecule has 0 heterocycles. The lowest BCUT2D eigenvalue weighted by molar-refractivity contribution is -0.870. The van der Waals surface area contributed by atoms with Crippen molar-refractivity contribution in [1.82, 2.24) is 5.32 Å². The maximum Gasteiger partial charge on any atom is 0.472 e. The summed E-state index contributed by atoms with van der Waals surface area (Å²) in [4.78, 5) is 23.3. The van der Waals surface area contributed by atoms with Gasteiger partial charge in [0, 0.05) is 6.42 Å². The summed E-state index contributed by atoms with van der Waals surface area (Å²) in [7, 11) is 1.56. The Morgan fingerprint density at radius 1 is 0.507 bits per heavy atom. The molecular weight excluding hydrogens is 876 g/mol. The number of rotatable bonds is 50. The molecule has 0 aromatic heterocycles. The number of aliphatic hydroxyl groups excluding tert-OH is 1. The summed E-state index contributed by atoms with van der Waals surface area (Å²) in [5.74, 6) is -0.187. The molecule has 0 bridgehead atoms. The number of nitrogens with one attached hydrogen (secondary N) is 1. The molecule has 0 rings (SSSR count). The summed E-state index contributed by atoms with van der Waals surface area (Å²) < 4.78 is 23.7. The number of quaternary nitrogens is 1. The first-order chi connectivity index (χ1) is 33.5. The van der Waals surface area contributed by atoms with Gasteiger partial charge in [-0.05, 0) is 77.0 Å². The highest BCUT2D eigenvalue weighted by Gasteiger charge is 2.27. The summed E-state index contributed by atoms with van der Waals surface area (Å²) in [5, 5.41) is 13.9. The van der Waals surface area contributed by atoms with Crippen molar-refractivity contribution in [1.29, 1.82) is 0 Å². The predicted octanol–water partition coefficient (Wildman–Crippen LogP) is 17.0. The predicted molar refractivity (Wildman–Crippen MR) is 299 cm³/mol. The van der Waals surface area contributed by atoms with Gasteiger partial charge >= 0.3 is 7.82 Å². The normalized spacial score (nSPS) is 14.7. The van der Waals surface area contributed by atoms with Crippen molar-refractivity contribution in [3.63, 3.8) is 0 Å². The first-order valence-corrected chi connectivity index (χ1v) is 29.6. The lowest BCUT2D eigenvalue weighted by Gasteiger charge is -2.25. The topological polar surface area (TPSA) is 105 Å². The van der Waals surface area contributed by atoms with Gasteiger partial charge in [0.15, 0.2) is 0 Å². The summed E-state index contributed by atoms with van der Waals surface area (Å²) in [6, 6.07) is -0.856. The Bertz CT molecular complexity index is 1440. The number of nitrogens with zero attached hydrogens (tertiary/aromatic N) is 1. The molecule has 3 N–H and O–H groups in total. The molecule has 0 aromatic carbocycles.